The lowest BCUT2D eigenvalue weighted by Gasteiger charge is -2.29. The smallest absolute Gasteiger partial charge is 0.219 e. The van der Waals surface area contributed by atoms with Gasteiger partial charge in [-0.1, -0.05) is 0 Å². The summed E-state index contributed by atoms with van der Waals surface area (Å²) in [6, 6.07) is 0. The highest BCUT2D eigenvalue weighted by Crippen LogP contribution is 2.31. The van der Waals surface area contributed by atoms with Gasteiger partial charge in [0.25, 0.3) is 0 Å². The van der Waals surface area contributed by atoms with Crippen molar-refractivity contribution in [3.63, 3.8) is 0 Å². The molecule has 0 amide bonds. The summed E-state index contributed by atoms with van der Waals surface area (Å²) in [6.45, 7) is 3.77. The standard InChI is InChI=1S/C20H25N9O3/c21-20-22-9-13(10-23-20)17-25-18(27-4-7-32-8-5-27)16-19(26-17)29(12-24-16)15(2-6-30)28-3-1-14(31)11-28/h6,9-10,12,14-15,31H,1-5,7-8,11H2,(H2,21,22,23)/t14?,15-/m1/s1. The van der Waals surface area contributed by atoms with Crippen LogP contribution in [0.25, 0.3) is 22.6 Å². The summed E-state index contributed by atoms with van der Waals surface area (Å²) in [7, 11) is 0. The van der Waals surface area contributed by atoms with Crippen LogP contribution >= 0.6 is 0 Å². The van der Waals surface area contributed by atoms with E-state index in [1.807, 2.05) is 4.57 Å². The number of β-amino-alcohol motifs (C(OH)–C–C–N with tert-alkyl or cyclic N) is 1. The minimum atomic E-state index is -0.403. The van der Waals surface area contributed by atoms with Crippen molar-refractivity contribution in [2.24, 2.45) is 0 Å². The number of rotatable bonds is 6. The van der Waals surface area contributed by atoms with E-state index in [9.17, 15) is 9.90 Å². The number of morpholine rings is 1. The molecule has 12 heteroatoms. The molecule has 5 rings (SSSR count). The first kappa shape index (κ1) is 20.7. The van der Waals surface area contributed by atoms with Gasteiger partial charge in [0.15, 0.2) is 22.8 Å². The zero-order valence-corrected chi connectivity index (χ0v) is 17.5. The van der Waals surface area contributed by atoms with Gasteiger partial charge in [-0.15, -0.1) is 0 Å². The highest BCUT2D eigenvalue weighted by atomic mass is 16.5. The van der Waals surface area contributed by atoms with Crippen LogP contribution in [0.15, 0.2) is 18.7 Å². The van der Waals surface area contributed by atoms with E-state index in [4.69, 9.17) is 20.4 Å². The molecule has 2 aliphatic rings. The largest absolute Gasteiger partial charge is 0.392 e. The number of aldehydes is 1. The van der Waals surface area contributed by atoms with E-state index in [1.165, 1.54) is 0 Å². The molecular formula is C20H25N9O3. The summed E-state index contributed by atoms with van der Waals surface area (Å²) in [4.78, 5) is 38.1. The highest BCUT2D eigenvalue weighted by Gasteiger charge is 2.30. The fourth-order valence-electron chi connectivity index (χ4n) is 4.26. The van der Waals surface area contributed by atoms with Gasteiger partial charge >= 0.3 is 0 Å². The molecule has 0 bridgehead atoms. The molecule has 5 heterocycles. The second kappa shape index (κ2) is 8.73. The Morgan fingerprint density at radius 1 is 1.19 bits per heavy atom. The zero-order chi connectivity index (χ0) is 22.1. The molecule has 2 fully saturated rings. The van der Waals surface area contributed by atoms with Gasteiger partial charge in [-0.2, -0.15) is 0 Å². The van der Waals surface area contributed by atoms with Crippen LogP contribution in [0.2, 0.25) is 0 Å². The van der Waals surface area contributed by atoms with Crippen molar-refractivity contribution in [1.29, 1.82) is 0 Å². The fraction of sp³-hybridized carbons (Fsp3) is 0.500. The van der Waals surface area contributed by atoms with Crippen molar-refractivity contribution in [1.82, 2.24) is 34.4 Å². The Balaban J connectivity index is 1.65. The van der Waals surface area contributed by atoms with Gasteiger partial charge in [-0.05, 0) is 6.42 Å². The first-order chi connectivity index (χ1) is 15.6. The molecule has 0 saturated carbocycles. The fourth-order valence-corrected chi connectivity index (χ4v) is 4.26. The second-order valence-electron chi connectivity index (χ2n) is 7.94. The minimum Gasteiger partial charge on any atom is -0.392 e. The molecule has 0 aliphatic carbocycles. The van der Waals surface area contributed by atoms with E-state index < -0.39 is 6.10 Å². The first-order valence-electron chi connectivity index (χ1n) is 10.6. The van der Waals surface area contributed by atoms with Gasteiger partial charge in [-0.25, -0.2) is 24.9 Å². The monoisotopic (exact) mass is 439 g/mol. The van der Waals surface area contributed by atoms with Crippen molar-refractivity contribution in [2.75, 3.05) is 50.0 Å². The molecule has 3 aromatic rings. The lowest BCUT2D eigenvalue weighted by molar-refractivity contribution is -0.109. The third-order valence-corrected chi connectivity index (χ3v) is 5.89. The molecule has 3 aromatic heterocycles. The number of nitrogen functional groups attached to an aromatic ring is 1. The van der Waals surface area contributed by atoms with Crippen molar-refractivity contribution in [3.8, 4) is 11.4 Å². The topological polar surface area (TPSA) is 148 Å². The van der Waals surface area contributed by atoms with Gasteiger partial charge in [-0.3, -0.25) is 9.47 Å². The van der Waals surface area contributed by atoms with Crippen LogP contribution in [-0.2, 0) is 9.53 Å². The molecule has 2 aliphatic heterocycles. The van der Waals surface area contributed by atoms with E-state index in [0.29, 0.717) is 74.2 Å². The Labute approximate surface area is 184 Å². The summed E-state index contributed by atoms with van der Waals surface area (Å²) in [5.74, 6) is 1.33. The van der Waals surface area contributed by atoms with E-state index >= 15 is 0 Å². The maximum absolute atomic E-state index is 11.5. The summed E-state index contributed by atoms with van der Waals surface area (Å²) < 4.78 is 7.40. The molecule has 3 N–H and O–H groups in total. The second-order valence-corrected chi connectivity index (χ2v) is 7.94. The number of aromatic nitrogens is 6. The molecule has 0 radical (unpaired) electrons. The number of carbonyl (C=O) groups is 1. The lowest BCUT2D eigenvalue weighted by atomic mass is 10.3. The van der Waals surface area contributed by atoms with Crippen LogP contribution < -0.4 is 10.6 Å². The van der Waals surface area contributed by atoms with Crippen molar-refractivity contribution in [3.05, 3.63) is 18.7 Å². The van der Waals surface area contributed by atoms with Crippen LogP contribution in [0.3, 0.4) is 0 Å². The Kier molecular flexibility index (Phi) is 5.64. The third-order valence-electron chi connectivity index (χ3n) is 5.89. The molecule has 12 nitrogen and oxygen atoms in total. The normalized spacial score (nSPS) is 20.7. The molecule has 168 valence electrons. The van der Waals surface area contributed by atoms with E-state index in [2.05, 4.69) is 24.8 Å². The average Bonchev–Trinajstić information content (AvgIpc) is 3.44. The number of likely N-dealkylation sites (tertiary alicyclic amines) is 1. The molecular weight excluding hydrogens is 414 g/mol. The lowest BCUT2D eigenvalue weighted by Crippen LogP contribution is -2.37. The number of carbonyl (C=O) groups excluding carboxylic acids is 1. The third kappa shape index (κ3) is 3.87. The molecule has 0 aromatic carbocycles. The number of aliphatic hydroxyl groups is 1. The number of ether oxygens (including phenoxy) is 1. The minimum absolute atomic E-state index is 0.173. The number of hydrogen-bond donors (Lipinski definition) is 2. The molecule has 2 atom stereocenters. The van der Waals surface area contributed by atoms with Gasteiger partial charge in [0.2, 0.25) is 5.95 Å². The predicted octanol–water partition coefficient (Wildman–Crippen LogP) is -0.144. The van der Waals surface area contributed by atoms with E-state index in [-0.39, 0.29) is 18.5 Å². The first-order valence-corrected chi connectivity index (χ1v) is 10.6. The SMILES string of the molecule is Nc1ncc(-c2nc(N3CCOCC3)c3ncn([C@H](CC=O)N4CCC(O)C4)c3n2)cn1. The Morgan fingerprint density at radius 2 is 1.97 bits per heavy atom. The Bertz CT molecular complexity index is 1100. The van der Waals surface area contributed by atoms with Crippen molar-refractivity contribution in [2.45, 2.75) is 25.1 Å². The maximum atomic E-state index is 11.5. The summed E-state index contributed by atoms with van der Waals surface area (Å²) >= 11 is 0. The summed E-state index contributed by atoms with van der Waals surface area (Å²) in [6.07, 6.45) is 6.00. The predicted molar refractivity (Wildman–Crippen MR) is 116 cm³/mol. The van der Waals surface area contributed by atoms with E-state index in [0.717, 1.165) is 6.29 Å². The van der Waals surface area contributed by atoms with Crippen LogP contribution in [0.1, 0.15) is 19.0 Å². The van der Waals surface area contributed by atoms with Crippen LogP contribution in [0.4, 0.5) is 11.8 Å². The van der Waals surface area contributed by atoms with Crippen LogP contribution in [0, 0.1) is 0 Å². The number of anilines is 2. The number of aliphatic hydroxyl groups excluding tert-OH is 1. The number of hydrogen-bond acceptors (Lipinski definition) is 11. The molecule has 2 saturated heterocycles. The number of nitrogens with two attached hydrogens (primary N) is 1. The van der Waals surface area contributed by atoms with Gasteiger partial charge in [0.1, 0.15) is 6.29 Å². The van der Waals surface area contributed by atoms with Gasteiger partial charge < -0.3 is 25.3 Å². The number of imidazole rings is 1. The Hall–Kier alpha value is -3.22. The van der Waals surface area contributed by atoms with Crippen molar-refractivity contribution < 1.29 is 14.6 Å². The highest BCUT2D eigenvalue weighted by molar-refractivity contribution is 5.86. The summed E-state index contributed by atoms with van der Waals surface area (Å²) in [5.41, 5.74) is 7.54. The van der Waals surface area contributed by atoms with Crippen LogP contribution in [-0.4, -0.2) is 91.3 Å². The van der Waals surface area contributed by atoms with Crippen LogP contribution in [0.5, 0.6) is 0 Å². The zero-order valence-electron chi connectivity index (χ0n) is 17.5. The Morgan fingerprint density at radius 3 is 2.66 bits per heavy atom. The average molecular weight is 439 g/mol. The molecule has 1 unspecified atom stereocenters. The number of fused-ring (bicyclic) bond motifs is 1. The molecule has 32 heavy (non-hydrogen) atoms. The maximum Gasteiger partial charge on any atom is 0.219 e. The quantitative estimate of drug-likeness (QED) is 0.494. The summed E-state index contributed by atoms with van der Waals surface area (Å²) in [5, 5.41) is 10.0. The van der Waals surface area contributed by atoms with Crippen molar-refractivity contribution >= 4 is 29.2 Å². The van der Waals surface area contributed by atoms with E-state index in [1.54, 1.807) is 18.7 Å². The van der Waals surface area contributed by atoms with Gasteiger partial charge in [0, 0.05) is 45.0 Å². The van der Waals surface area contributed by atoms with Gasteiger partial charge in [0.05, 0.1) is 37.4 Å². The molecule has 0 spiro atoms. The number of nitrogens with zero attached hydrogens (tertiary/aromatic N) is 8.